The number of carbonyl (C=O) groups is 1. The van der Waals surface area contributed by atoms with E-state index in [-0.39, 0.29) is 25.1 Å². The zero-order valence-electron chi connectivity index (χ0n) is 11.3. The summed E-state index contributed by atoms with van der Waals surface area (Å²) < 4.78 is 0. The van der Waals surface area contributed by atoms with Crippen molar-refractivity contribution in [3.63, 3.8) is 0 Å². The van der Waals surface area contributed by atoms with Gasteiger partial charge in [0.2, 0.25) is 0 Å². The molecule has 1 amide bonds. The topological polar surface area (TPSA) is 61.4 Å². The largest absolute Gasteiger partial charge is 0.395 e. The third-order valence-electron chi connectivity index (χ3n) is 2.97. The number of hydrogen-bond acceptors (Lipinski definition) is 4. The van der Waals surface area contributed by atoms with E-state index in [1.807, 2.05) is 12.1 Å². The molecule has 0 radical (unpaired) electrons. The smallest absolute Gasteiger partial charge is 0.251 e. The molecule has 1 aromatic heterocycles. The van der Waals surface area contributed by atoms with Crippen molar-refractivity contribution < 1.29 is 9.90 Å². The summed E-state index contributed by atoms with van der Waals surface area (Å²) in [5, 5.41) is 18.9. The van der Waals surface area contributed by atoms with Gasteiger partial charge in [-0.1, -0.05) is 0 Å². The summed E-state index contributed by atoms with van der Waals surface area (Å²) >= 11 is 1.68. The van der Waals surface area contributed by atoms with Gasteiger partial charge in [0.1, 0.15) is 0 Å². The third-order valence-corrected chi connectivity index (χ3v) is 3.67. The van der Waals surface area contributed by atoms with Gasteiger partial charge in [-0.2, -0.15) is 11.3 Å². The molecule has 4 nitrogen and oxygen atoms in total. The van der Waals surface area contributed by atoms with Crippen molar-refractivity contribution in [1.82, 2.24) is 5.32 Å². The van der Waals surface area contributed by atoms with Gasteiger partial charge >= 0.3 is 0 Å². The summed E-state index contributed by atoms with van der Waals surface area (Å²) in [4.78, 5) is 11.7. The highest BCUT2D eigenvalue weighted by Gasteiger charge is 2.07. The number of nitrogens with one attached hydrogen (secondary N) is 2. The van der Waals surface area contributed by atoms with Crippen LogP contribution in [0.15, 0.2) is 41.1 Å². The molecule has 20 heavy (non-hydrogen) atoms. The summed E-state index contributed by atoms with van der Waals surface area (Å²) in [6, 6.07) is 9.65. The lowest BCUT2D eigenvalue weighted by Gasteiger charge is -2.14. The number of amides is 1. The second-order valence-electron chi connectivity index (χ2n) is 4.48. The number of rotatable bonds is 6. The molecule has 0 spiro atoms. The van der Waals surface area contributed by atoms with Crippen LogP contribution in [0.3, 0.4) is 0 Å². The molecule has 2 rings (SSSR count). The fourth-order valence-corrected chi connectivity index (χ4v) is 2.60. The minimum atomic E-state index is -0.170. The molecule has 0 aliphatic rings. The number of aliphatic hydroxyl groups excluding tert-OH is 1. The van der Waals surface area contributed by atoms with Crippen LogP contribution >= 0.6 is 11.3 Å². The monoisotopic (exact) mass is 290 g/mol. The van der Waals surface area contributed by atoms with Crippen LogP contribution in [0.5, 0.6) is 0 Å². The molecule has 3 N–H and O–H groups in total. The van der Waals surface area contributed by atoms with Crippen LogP contribution in [-0.4, -0.2) is 24.2 Å². The van der Waals surface area contributed by atoms with E-state index in [2.05, 4.69) is 34.4 Å². The van der Waals surface area contributed by atoms with E-state index in [1.165, 1.54) is 5.56 Å². The zero-order valence-corrected chi connectivity index (χ0v) is 12.1. The first kappa shape index (κ1) is 14.6. The zero-order chi connectivity index (χ0) is 14.4. The van der Waals surface area contributed by atoms with E-state index in [1.54, 1.807) is 23.5 Å². The standard InChI is InChI=1S/C15H18N2O2S/c1-11(13-6-9-20-10-13)17-14-4-2-12(3-5-14)15(19)16-7-8-18/h2-6,9-11,17-18H,7-8H2,1H3,(H,16,19). The Labute approximate surface area is 122 Å². The Bertz CT molecular complexity index is 538. The molecule has 1 heterocycles. The molecule has 1 aromatic carbocycles. The van der Waals surface area contributed by atoms with Gasteiger partial charge in [0.25, 0.3) is 5.91 Å². The van der Waals surface area contributed by atoms with Crippen molar-refractivity contribution in [3.8, 4) is 0 Å². The van der Waals surface area contributed by atoms with Crippen LogP contribution in [0, 0.1) is 0 Å². The Hall–Kier alpha value is -1.85. The van der Waals surface area contributed by atoms with Crippen molar-refractivity contribution in [2.45, 2.75) is 13.0 Å². The maximum absolute atomic E-state index is 11.7. The quantitative estimate of drug-likeness (QED) is 0.766. The molecule has 0 saturated carbocycles. The summed E-state index contributed by atoms with van der Waals surface area (Å²) in [6.45, 7) is 2.32. The predicted octanol–water partition coefficient (Wildman–Crippen LogP) is 2.64. The Morgan fingerprint density at radius 2 is 2.05 bits per heavy atom. The van der Waals surface area contributed by atoms with Gasteiger partial charge in [0, 0.05) is 23.8 Å². The van der Waals surface area contributed by atoms with Crippen molar-refractivity contribution in [2.24, 2.45) is 0 Å². The molecule has 0 aliphatic heterocycles. The first-order valence-corrected chi connectivity index (χ1v) is 7.42. The molecule has 106 valence electrons. The van der Waals surface area contributed by atoms with Crippen LogP contribution in [0.1, 0.15) is 28.9 Å². The highest BCUT2D eigenvalue weighted by molar-refractivity contribution is 7.07. The number of benzene rings is 1. The summed E-state index contributed by atoms with van der Waals surface area (Å²) in [6.07, 6.45) is 0. The van der Waals surface area contributed by atoms with Crippen LogP contribution in [0.2, 0.25) is 0 Å². The van der Waals surface area contributed by atoms with E-state index < -0.39 is 0 Å². The van der Waals surface area contributed by atoms with Gasteiger partial charge in [-0.05, 0) is 53.6 Å². The van der Waals surface area contributed by atoms with Gasteiger partial charge in [-0.25, -0.2) is 0 Å². The van der Waals surface area contributed by atoms with Gasteiger partial charge in [-0.15, -0.1) is 0 Å². The van der Waals surface area contributed by atoms with E-state index >= 15 is 0 Å². The van der Waals surface area contributed by atoms with Gasteiger partial charge < -0.3 is 15.7 Å². The van der Waals surface area contributed by atoms with E-state index in [4.69, 9.17) is 5.11 Å². The predicted molar refractivity (Wildman–Crippen MR) is 82.2 cm³/mol. The average molecular weight is 290 g/mol. The van der Waals surface area contributed by atoms with Crippen molar-refractivity contribution in [3.05, 3.63) is 52.2 Å². The molecule has 0 saturated heterocycles. The Kier molecular flexibility index (Phi) is 5.15. The van der Waals surface area contributed by atoms with Crippen LogP contribution < -0.4 is 10.6 Å². The van der Waals surface area contributed by atoms with Gasteiger partial charge in [0.05, 0.1) is 6.61 Å². The molecule has 1 unspecified atom stereocenters. The Morgan fingerprint density at radius 3 is 2.65 bits per heavy atom. The first-order chi connectivity index (χ1) is 9.70. The Balaban J connectivity index is 1.96. The molecular weight excluding hydrogens is 272 g/mol. The van der Waals surface area contributed by atoms with Gasteiger partial charge in [0.15, 0.2) is 0 Å². The fraction of sp³-hybridized carbons (Fsp3) is 0.267. The summed E-state index contributed by atoms with van der Waals surface area (Å²) in [7, 11) is 0. The number of carbonyl (C=O) groups excluding carboxylic acids is 1. The second-order valence-corrected chi connectivity index (χ2v) is 5.26. The lowest BCUT2D eigenvalue weighted by Crippen LogP contribution is -2.26. The molecular formula is C15H18N2O2S. The Morgan fingerprint density at radius 1 is 1.30 bits per heavy atom. The van der Waals surface area contributed by atoms with E-state index in [0.717, 1.165) is 5.69 Å². The van der Waals surface area contributed by atoms with Crippen molar-refractivity contribution in [1.29, 1.82) is 0 Å². The lowest BCUT2D eigenvalue weighted by molar-refractivity contribution is 0.0945. The number of anilines is 1. The highest BCUT2D eigenvalue weighted by atomic mass is 32.1. The molecule has 5 heteroatoms. The minimum Gasteiger partial charge on any atom is -0.395 e. The number of thiophene rings is 1. The maximum Gasteiger partial charge on any atom is 0.251 e. The van der Waals surface area contributed by atoms with Crippen molar-refractivity contribution >= 4 is 22.9 Å². The highest BCUT2D eigenvalue weighted by Crippen LogP contribution is 2.21. The fourth-order valence-electron chi connectivity index (χ4n) is 1.84. The average Bonchev–Trinajstić information content (AvgIpc) is 3.00. The maximum atomic E-state index is 11.7. The number of hydrogen-bond donors (Lipinski definition) is 3. The molecule has 0 fully saturated rings. The van der Waals surface area contributed by atoms with Crippen LogP contribution in [0.4, 0.5) is 5.69 Å². The summed E-state index contributed by atoms with van der Waals surface area (Å²) in [5.41, 5.74) is 2.81. The third kappa shape index (κ3) is 3.82. The summed E-state index contributed by atoms with van der Waals surface area (Å²) in [5.74, 6) is -0.170. The molecule has 1 atom stereocenters. The van der Waals surface area contributed by atoms with Crippen LogP contribution in [0.25, 0.3) is 0 Å². The van der Waals surface area contributed by atoms with Crippen molar-refractivity contribution in [2.75, 3.05) is 18.5 Å². The molecule has 0 aliphatic carbocycles. The minimum absolute atomic E-state index is 0.0520. The van der Waals surface area contributed by atoms with E-state index in [0.29, 0.717) is 5.56 Å². The van der Waals surface area contributed by atoms with Crippen LogP contribution in [-0.2, 0) is 0 Å². The molecule has 0 bridgehead atoms. The molecule has 2 aromatic rings. The van der Waals surface area contributed by atoms with Gasteiger partial charge in [-0.3, -0.25) is 4.79 Å². The second kappa shape index (κ2) is 7.07. The van der Waals surface area contributed by atoms with E-state index in [9.17, 15) is 4.79 Å². The SMILES string of the molecule is CC(Nc1ccc(C(=O)NCCO)cc1)c1ccsc1. The lowest BCUT2D eigenvalue weighted by atomic mass is 10.1. The first-order valence-electron chi connectivity index (χ1n) is 6.48. The number of aliphatic hydroxyl groups is 1. The normalized spacial score (nSPS) is 11.9.